The molecule has 11 heavy (non-hydrogen) atoms. The Kier molecular flexibility index (Phi) is 2.26. The predicted molar refractivity (Wildman–Crippen MR) is 47.4 cm³/mol. The van der Waals surface area contributed by atoms with Gasteiger partial charge in [-0.25, -0.2) is 4.98 Å². The van der Waals surface area contributed by atoms with Crippen molar-refractivity contribution in [2.45, 2.75) is 13.8 Å². The van der Waals surface area contributed by atoms with Crippen LogP contribution in [0.3, 0.4) is 0 Å². The van der Waals surface area contributed by atoms with Gasteiger partial charge in [0.25, 0.3) is 0 Å². The number of rotatable bonds is 2. The van der Waals surface area contributed by atoms with Crippen LogP contribution in [-0.2, 0) is 0 Å². The molecule has 1 N–H and O–H groups in total. The van der Waals surface area contributed by atoms with E-state index < -0.39 is 0 Å². The lowest BCUT2D eigenvalue weighted by Crippen LogP contribution is -1.96. The molecule has 2 heteroatoms. The number of hydrogen-bond acceptors (Lipinski definition) is 2. The van der Waals surface area contributed by atoms with Crippen LogP contribution in [0.1, 0.15) is 12.6 Å². The molecule has 0 atom stereocenters. The fourth-order valence-corrected chi connectivity index (χ4v) is 0.831. The Morgan fingerprint density at radius 3 is 2.82 bits per heavy atom. The lowest BCUT2D eigenvalue weighted by Gasteiger charge is -2.03. The van der Waals surface area contributed by atoms with Gasteiger partial charge in [-0.3, -0.25) is 0 Å². The minimum Gasteiger partial charge on any atom is -0.345 e. The van der Waals surface area contributed by atoms with Gasteiger partial charge in [0.2, 0.25) is 0 Å². The summed E-state index contributed by atoms with van der Waals surface area (Å²) in [5.41, 5.74) is 1.92. The number of aryl methyl sites for hydroxylation is 1. The zero-order chi connectivity index (χ0) is 8.27. The predicted octanol–water partition coefficient (Wildman–Crippen LogP) is 2.34. The number of pyridine rings is 1. The van der Waals surface area contributed by atoms with Crippen molar-refractivity contribution in [1.82, 2.24) is 4.98 Å². The van der Waals surface area contributed by atoms with Crippen molar-refractivity contribution in [3.63, 3.8) is 0 Å². The number of aromatic nitrogens is 1. The van der Waals surface area contributed by atoms with E-state index in [1.54, 1.807) is 0 Å². The molecule has 2 nitrogen and oxygen atoms in total. The van der Waals surface area contributed by atoms with Crippen molar-refractivity contribution < 1.29 is 0 Å². The average Bonchev–Trinajstić information content (AvgIpc) is 1.85. The minimum absolute atomic E-state index is 0.859. The summed E-state index contributed by atoms with van der Waals surface area (Å²) in [6, 6.07) is 5.85. The van der Waals surface area contributed by atoms with Crippen LogP contribution < -0.4 is 5.32 Å². The molecule has 0 aliphatic carbocycles. The smallest absolute Gasteiger partial charge is 0.130 e. The first-order valence-corrected chi connectivity index (χ1v) is 3.54. The standard InChI is InChI=1S/C9H12N2/c1-7(2)10-9-6-4-5-8(3)11-9/h4-6H,1H2,2-3H3,(H,10,11). The maximum absolute atomic E-state index is 4.24. The number of nitrogens with zero attached hydrogens (tertiary/aromatic N) is 1. The molecule has 0 unspecified atom stereocenters. The van der Waals surface area contributed by atoms with Crippen LogP contribution in [0.25, 0.3) is 0 Å². The lowest BCUT2D eigenvalue weighted by atomic mass is 10.3. The Morgan fingerprint density at radius 1 is 1.55 bits per heavy atom. The van der Waals surface area contributed by atoms with Gasteiger partial charge in [0.05, 0.1) is 0 Å². The van der Waals surface area contributed by atoms with Crippen molar-refractivity contribution in [2.24, 2.45) is 0 Å². The fourth-order valence-electron chi connectivity index (χ4n) is 0.831. The van der Waals surface area contributed by atoms with Gasteiger partial charge in [0.1, 0.15) is 5.82 Å². The monoisotopic (exact) mass is 148 g/mol. The fraction of sp³-hybridized carbons (Fsp3) is 0.222. The van der Waals surface area contributed by atoms with E-state index in [9.17, 15) is 0 Å². The van der Waals surface area contributed by atoms with Crippen molar-refractivity contribution in [3.8, 4) is 0 Å². The Hall–Kier alpha value is -1.31. The third kappa shape index (κ3) is 2.42. The van der Waals surface area contributed by atoms with Crippen molar-refractivity contribution in [2.75, 3.05) is 5.32 Å². The van der Waals surface area contributed by atoms with Crippen LogP contribution in [0.4, 0.5) is 5.82 Å². The normalized spacial score (nSPS) is 9.27. The molecule has 0 amide bonds. The number of allylic oxidation sites excluding steroid dienone is 1. The van der Waals surface area contributed by atoms with Crippen LogP contribution >= 0.6 is 0 Å². The van der Waals surface area contributed by atoms with Crippen molar-refractivity contribution in [1.29, 1.82) is 0 Å². The first kappa shape index (κ1) is 7.79. The molecule has 0 aromatic carbocycles. The second-order valence-corrected chi connectivity index (χ2v) is 2.57. The van der Waals surface area contributed by atoms with E-state index in [1.807, 2.05) is 32.0 Å². The molecule has 1 aromatic heterocycles. The highest BCUT2D eigenvalue weighted by atomic mass is 15.0. The van der Waals surface area contributed by atoms with E-state index in [0.717, 1.165) is 17.2 Å². The van der Waals surface area contributed by atoms with E-state index in [0.29, 0.717) is 0 Å². The zero-order valence-corrected chi connectivity index (χ0v) is 6.89. The third-order valence-electron chi connectivity index (χ3n) is 1.23. The molecular formula is C9H12N2. The molecule has 0 spiro atoms. The number of nitrogens with one attached hydrogen (secondary N) is 1. The highest BCUT2D eigenvalue weighted by Gasteiger charge is 1.91. The number of anilines is 1. The summed E-state index contributed by atoms with van der Waals surface area (Å²) in [5, 5.41) is 3.04. The summed E-state index contributed by atoms with van der Waals surface area (Å²) in [6.07, 6.45) is 0. The van der Waals surface area contributed by atoms with Crippen molar-refractivity contribution >= 4 is 5.82 Å². The van der Waals surface area contributed by atoms with E-state index >= 15 is 0 Å². The molecule has 0 aliphatic rings. The summed E-state index contributed by atoms with van der Waals surface area (Å²) in [6.45, 7) is 7.60. The topological polar surface area (TPSA) is 24.9 Å². The van der Waals surface area contributed by atoms with Crippen LogP contribution in [0.2, 0.25) is 0 Å². The zero-order valence-electron chi connectivity index (χ0n) is 6.89. The summed E-state index contributed by atoms with van der Waals surface area (Å²) >= 11 is 0. The highest BCUT2D eigenvalue weighted by Crippen LogP contribution is 2.05. The van der Waals surface area contributed by atoms with Gasteiger partial charge in [0, 0.05) is 11.4 Å². The van der Waals surface area contributed by atoms with Gasteiger partial charge in [-0.15, -0.1) is 0 Å². The van der Waals surface area contributed by atoms with E-state index in [-0.39, 0.29) is 0 Å². The molecule has 1 aromatic rings. The summed E-state index contributed by atoms with van der Waals surface area (Å²) in [5.74, 6) is 0.859. The van der Waals surface area contributed by atoms with Crippen LogP contribution in [0.15, 0.2) is 30.5 Å². The minimum atomic E-state index is 0.859. The van der Waals surface area contributed by atoms with E-state index in [4.69, 9.17) is 0 Å². The summed E-state index contributed by atoms with van der Waals surface area (Å²) in [4.78, 5) is 4.24. The van der Waals surface area contributed by atoms with Gasteiger partial charge in [-0.1, -0.05) is 12.6 Å². The molecular weight excluding hydrogens is 136 g/mol. The van der Waals surface area contributed by atoms with E-state index in [1.165, 1.54) is 0 Å². The molecule has 1 heterocycles. The van der Waals surface area contributed by atoms with Crippen LogP contribution in [-0.4, -0.2) is 4.98 Å². The molecule has 0 radical (unpaired) electrons. The highest BCUT2D eigenvalue weighted by molar-refractivity contribution is 5.40. The molecule has 58 valence electrons. The second-order valence-electron chi connectivity index (χ2n) is 2.57. The first-order chi connectivity index (χ1) is 5.18. The maximum atomic E-state index is 4.24. The lowest BCUT2D eigenvalue weighted by molar-refractivity contribution is 1.18. The molecule has 0 aliphatic heterocycles. The second kappa shape index (κ2) is 3.19. The summed E-state index contributed by atoms with van der Waals surface area (Å²) < 4.78 is 0. The first-order valence-electron chi connectivity index (χ1n) is 3.54. The third-order valence-corrected chi connectivity index (χ3v) is 1.23. The summed E-state index contributed by atoms with van der Waals surface area (Å²) in [7, 11) is 0. The van der Waals surface area contributed by atoms with Gasteiger partial charge in [-0.05, 0) is 26.0 Å². The number of hydrogen-bond donors (Lipinski definition) is 1. The van der Waals surface area contributed by atoms with Gasteiger partial charge < -0.3 is 5.32 Å². The van der Waals surface area contributed by atoms with Gasteiger partial charge in [-0.2, -0.15) is 0 Å². The van der Waals surface area contributed by atoms with Crippen LogP contribution in [0.5, 0.6) is 0 Å². The molecule has 0 bridgehead atoms. The Balaban J connectivity index is 2.79. The SMILES string of the molecule is C=C(C)Nc1cccc(C)n1. The molecule has 1 rings (SSSR count). The Morgan fingerprint density at radius 2 is 2.27 bits per heavy atom. The molecule has 0 saturated carbocycles. The van der Waals surface area contributed by atoms with Crippen LogP contribution in [0, 0.1) is 6.92 Å². The van der Waals surface area contributed by atoms with Gasteiger partial charge in [0.15, 0.2) is 0 Å². The Bertz CT molecular complexity index is 266. The van der Waals surface area contributed by atoms with Gasteiger partial charge >= 0.3 is 0 Å². The van der Waals surface area contributed by atoms with E-state index in [2.05, 4.69) is 16.9 Å². The average molecular weight is 148 g/mol. The Labute approximate surface area is 67.0 Å². The maximum Gasteiger partial charge on any atom is 0.130 e. The molecule has 0 saturated heterocycles. The van der Waals surface area contributed by atoms with Crippen molar-refractivity contribution in [3.05, 3.63) is 36.2 Å². The largest absolute Gasteiger partial charge is 0.345 e. The molecule has 0 fully saturated rings. The quantitative estimate of drug-likeness (QED) is 0.696.